The van der Waals surface area contributed by atoms with Crippen molar-refractivity contribution < 1.29 is 9.13 Å². The van der Waals surface area contributed by atoms with E-state index in [4.69, 9.17) is 0 Å². The lowest BCUT2D eigenvalue weighted by atomic mass is 10.3. The molecular formula is C38H28N4O2P2. The van der Waals surface area contributed by atoms with Gasteiger partial charge in [0.05, 0.1) is 32.7 Å². The van der Waals surface area contributed by atoms with Crippen molar-refractivity contribution in [3.63, 3.8) is 0 Å². The summed E-state index contributed by atoms with van der Waals surface area (Å²) in [4.78, 5) is 0. The van der Waals surface area contributed by atoms with Crippen LogP contribution in [0.25, 0.3) is 43.6 Å². The van der Waals surface area contributed by atoms with E-state index in [1.54, 1.807) is 0 Å². The maximum Gasteiger partial charge on any atom is 0.300 e. The van der Waals surface area contributed by atoms with Gasteiger partial charge in [0.25, 0.3) is 0 Å². The van der Waals surface area contributed by atoms with Crippen molar-refractivity contribution in [2.24, 2.45) is 0 Å². The van der Waals surface area contributed by atoms with Crippen molar-refractivity contribution in [3.05, 3.63) is 170 Å². The van der Waals surface area contributed by atoms with Gasteiger partial charge >= 0.3 is 14.9 Å². The molecule has 0 unspecified atom stereocenters. The van der Waals surface area contributed by atoms with Crippen LogP contribution in [0.4, 0.5) is 0 Å². The molecule has 0 aliphatic heterocycles. The summed E-state index contributed by atoms with van der Waals surface area (Å²) in [6.45, 7) is 0. The van der Waals surface area contributed by atoms with Gasteiger partial charge in [0, 0.05) is 46.3 Å². The van der Waals surface area contributed by atoms with Gasteiger partial charge in [0.15, 0.2) is 0 Å². The van der Waals surface area contributed by atoms with Gasteiger partial charge in [-0.25, -0.2) is 0 Å². The van der Waals surface area contributed by atoms with Gasteiger partial charge in [0.2, 0.25) is 0 Å². The van der Waals surface area contributed by atoms with E-state index >= 15 is 9.13 Å². The molecule has 0 atom stereocenters. The van der Waals surface area contributed by atoms with E-state index in [0.717, 1.165) is 43.6 Å². The third kappa shape index (κ3) is 3.78. The van der Waals surface area contributed by atoms with Crippen LogP contribution in [0, 0.1) is 0 Å². The fourth-order valence-electron chi connectivity index (χ4n) is 6.77. The number of hydrogen-bond acceptors (Lipinski definition) is 2. The molecule has 4 heterocycles. The van der Waals surface area contributed by atoms with Crippen LogP contribution in [0.3, 0.4) is 0 Å². The highest BCUT2D eigenvalue weighted by Gasteiger charge is 2.35. The smallest absolute Gasteiger partial charge is 0.278 e. The predicted octanol–water partition coefficient (Wildman–Crippen LogP) is 9.34. The van der Waals surface area contributed by atoms with E-state index in [-0.39, 0.29) is 0 Å². The van der Waals surface area contributed by atoms with E-state index in [0.29, 0.717) is 10.6 Å². The zero-order chi connectivity index (χ0) is 30.9. The van der Waals surface area contributed by atoms with Crippen LogP contribution in [0.5, 0.6) is 0 Å². The minimum absolute atomic E-state index is 0.639. The van der Waals surface area contributed by atoms with Crippen LogP contribution >= 0.6 is 14.9 Å². The maximum atomic E-state index is 15.8. The largest absolute Gasteiger partial charge is 0.300 e. The first kappa shape index (κ1) is 27.1. The molecule has 222 valence electrons. The molecule has 0 bridgehead atoms. The summed E-state index contributed by atoms with van der Waals surface area (Å²) >= 11 is 0. The second-order valence-corrected chi connectivity index (χ2v) is 16.4. The Kier molecular flexibility index (Phi) is 5.95. The highest BCUT2D eigenvalue weighted by molar-refractivity contribution is 7.70. The molecule has 4 aromatic heterocycles. The molecule has 46 heavy (non-hydrogen) atoms. The molecule has 0 spiro atoms. The maximum absolute atomic E-state index is 15.8. The number of benzene rings is 5. The molecule has 0 amide bonds. The number of fused-ring (bicyclic) bond motifs is 4. The highest BCUT2D eigenvalue weighted by atomic mass is 31.2. The molecule has 0 aliphatic rings. The fraction of sp³-hybridized carbons (Fsp3) is 0. The first-order valence-corrected chi connectivity index (χ1v) is 18.4. The molecule has 9 aromatic rings. The normalized spacial score (nSPS) is 12.5. The molecule has 0 aliphatic carbocycles. The molecule has 0 fully saturated rings. The van der Waals surface area contributed by atoms with E-state index < -0.39 is 14.9 Å². The highest BCUT2D eigenvalue weighted by Crippen LogP contribution is 2.54. The average molecular weight is 635 g/mol. The molecule has 0 saturated heterocycles. The van der Waals surface area contributed by atoms with Crippen LogP contribution in [-0.4, -0.2) is 17.4 Å². The quantitative estimate of drug-likeness (QED) is 0.171. The van der Waals surface area contributed by atoms with Crippen molar-refractivity contribution in [1.82, 2.24) is 17.4 Å². The van der Waals surface area contributed by atoms with Crippen molar-refractivity contribution >= 4 is 69.1 Å². The molecule has 8 heteroatoms. The second-order valence-electron chi connectivity index (χ2n) is 11.5. The first-order valence-electron chi connectivity index (χ1n) is 15.2. The van der Waals surface area contributed by atoms with Crippen molar-refractivity contribution in [2.75, 3.05) is 0 Å². The summed E-state index contributed by atoms with van der Waals surface area (Å²) in [5.74, 6) is 0. The molecule has 0 N–H and O–H groups in total. The Morgan fingerprint density at radius 1 is 0.304 bits per heavy atom. The van der Waals surface area contributed by atoms with Gasteiger partial charge < -0.3 is 0 Å². The Hall–Kier alpha value is -5.28. The van der Waals surface area contributed by atoms with E-state index in [1.807, 2.05) is 188 Å². The Bertz CT molecular complexity index is 2330. The third-order valence-corrected chi connectivity index (χ3v) is 14.7. The summed E-state index contributed by atoms with van der Waals surface area (Å²) in [5.41, 5.74) is 3.54. The van der Waals surface area contributed by atoms with Gasteiger partial charge in [-0.3, -0.25) is 26.5 Å². The Labute approximate surface area is 265 Å². The monoisotopic (exact) mass is 634 g/mol. The zero-order valence-corrected chi connectivity index (χ0v) is 26.5. The van der Waals surface area contributed by atoms with E-state index in [2.05, 4.69) is 0 Å². The Morgan fingerprint density at radius 3 is 0.804 bits per heavy atom. The number of para-hydroxylation sites is 4. The van der Waals surface area contributed by atoms with Crippen molar-refractivity contribution in [2.45, 2.75) is 0 Å². The fourth-order valence-corrected chi connectivity index (χ4v) is 12.1. The van der Waals surface area contributed by atoms with Gasteiger partial charge in [-0.15, -0.1) is 0 Å². The lowest BCUT2D eigenvalue weighted by molar-refractivity contribution is 0.569. The van der Waals surface area contributed by atoms with Gasteiger partial charge in [-0.05, 0) is 72.8 Å². The number of rotatable bonds is 6. The van der Waals surface area contributed by atoms with E-state index in [9.17, 15) is 0 Å². The summed E-state index contributed by atoms with van der Waals surface area (Å²) in [6.07, 6.45) is 7.65. The van der Waals surface area contributed by atoms with Crippen LogP contribution in [0.15, 0.2) is 170 Å². The molecular weight excluding hydrogens is 606 g/mol. The molecule has 0 radical (unpaired) electrons. The molecule has 6 nitrogen and oxygen atoms in total. The van der Waals surface area contributed by atoms with Crippen LogP contribution in [-0.2, 0) is 9.13 Å². The number of nitrogens with zero attached hydrogens (tertiary/aromatic N) is 4. The lowest BCUT2D eigenvalue weighted by Crippen LogP contribution is -2.21. The summed E-state index contributed by atoms with van der Waals surface area (Å²) < 4.78 is 39.2. The number of hydrogen-bond donors (Lipinski definition) is 0. The Morgan fingerprint density at radius 2 is 0.543 bits per heavy atom. The summed E-state index contributed by atoms with van der Waals surface area (Å²) in [6, 6.07) is 47.6. The van der Waals surface area contributed by atoms with Crippen molar-refractivity contribution in [3.8, 4) is 0 Å². The SMILES string of the molecule is O=P(c1ccc(P(=O)(n2ccc3ccccc32)n2ccc3ccccc32)cc1)(n1ccc2ccccc21)n1ccc2ccccc21. The van der Waals surface area contributed by atoms with Crippen LogP contribution in [0.2, 0.25) is 0 Å². The minimum Gasteiger partial charge on any atom is -0.278 e. The first-order chi connectivity index (χ1) is 22.6. The third-order valence-electron chi connectivity index (χ3n) is 9.01. The summed E-state index contributed by atoms with van der Waals surface area (Å²) in [5, 5.41) is 5.33. The predicted molar refractivity (Wildman–Crippen MR) is 190 cm³/mol. The second kappa shape index (κ2) is 10.1. The van der Waals surface area contributed by atoms with Crippen LogP contribution < -0.4 is 10.6 Å². The molecule has 5 aromatic carbocycles. The van der Waals surface area contributed by atoms with E-state index in [1.165, 1.54) is 0 Å². The Balaban J connectivity index is 1.29. The minimum atomic E-state index is -3.51. The van der Waals surface area contributed by atoms with Gasteiger partial charge in [-0.2, -0.15) is 0 Å². The topological polar surface area (TPSA) is 53.9 Å². The van der Waals surface area contributed by atoms with Crippen molar-refractivity contribution in [1.29, 1.82) is 0 Å². The standard InChI is InChI=1S/C38H28N4O2P2/c43-45(39-25-21-29-9-1-5-13-35(29)39,40-26-22-30-10-2-6-14-36(30)40)33-17-19-34(20-18-33)46(44,41-27-23-31-11-3-7-15-37(31)41)42-28-24-32-12-4-8-16-38(32)42/h1-28H. The summed E-state index contributed by atoms with van der Waals surface area (Å²) in [7, 11) is -7.02. The number of aromatic nitrogens is 4. The van der Waals surface area contributed by atoms with Gasteiger partial charge in [-0.1, -0.05) is 72.8 Å². The average Bonchev–Trinajstić information content (AvgIpc) is 3.92. The van der Waals surface area contributed by atoms with Crippen LogP contribution in [0.1, 0.15) is 0 Å². The molecule has 9 rings (SSSR count). The van der Waals surface area contributed by atoms with Gasteiger partial charge in [0.1, 0.15) is 0 Å². The molecule has 0 saturated carbocycles. The zero-order valence-electron chi connectivity index (χ0n) is 24.7. The lowest BCUT2D eigenvalue weighted by Gasteiger charge is -2.26.